The van der Waals surface area contributed by atoms with E-state index in [1.165, 1.54) is 0 Å². The van der Waals surface area contributed by atoms with Gasteiger partial charge in [0.05, 0.1) is 31.5 Å². The van der Waals surface area contributed by atoms with Crippen molar-refractivity contribution in [1.82, 2.24) is 4.90 Å². The quantitative estimate of drug-likeness (QED) is 0.415. The largest absolute Gasteiger partial charge is 0.501 e. The summed E-state index contributed by atoms with van der Waals surface area (Å²) in [6.45, 7) is 11.5. The molecule has 4 atom stereocenters. The zero-order valence-corrected chi connectivity index (χ0v) is 15.0. The minimum atomic E-state index is -2.62. The Morgan fingerprint density at radius 3 is 2.05 bits per heavy atom. The maximum atomic E-state index is 6.30. The van der Waals surface area contributed by atoms with Crippen molar-refractivity contribution in [2.24, 2.45) is 0 Å². The van der Waals surface area contributed by atoms with Gasteiger partial charge < -0.3 is 22.8 Å². The van der Waals surface area contributed by atoms with Gasteiger partial charge in [0.15, 0.2) is 0 Å². The SMILES string of the molecule is CC1CN2CC(C)O[Si](CCCOC[C@H]3CO3)(O1)OC(C)C2. The molecule has 7 heteroatoms. The van der Waals surface area contributed by atoms with E-state index in [9.17, 15) is 0 Å². The average molecular weight is 331 g/mol. The number of ether oxygens (including phenoxy) is 2. The molecule has 0 saturated carbocycles. The van der Waals surface area contributed by atoms with E-state index in [2.05, 4.69) is 25.7 Å². The smallest absolute Gasteiger partial charge is 0.379 e. The molecule has 4 saturated heterocycles. The molecule has 0 N–H and O–H groups in total. The highest BCUT2D eigenvalue weighted by atomic mass is 28.4. The fourth-order valence-electron chi connectivity index (χ4n) is 3.38. The maximum absolute atomic E-state index is 6.30. The maximum Gasteiger partial charge on any atom is 0.501 e. The van der Waals surface area contributed by atoms with Gasteiger partial charge in [0, 0.05) is 32.3 Å². The Kier molecular flexibility index (Phi) is 5.54. The fraction of sp³-hybridized carbons (Fsp3) is 1.00. The van der Waals surface area contributed by atoms with E-state index >= 15 is 0 Å². The van der Waals surface area contributed by atoms with Crippen molar-refractivity contribution in [2.75, 3.05) is 39.5 Å². The van der Waals surface area contributed by atoms with Crippen molar-refractivity contribution in [1.29, 1.82) is 0 Å². The first kappa shape index (κ1) is 16.8. The van der Waals surface area contributed by atoms with Crippen LogP contribution in [0.2, 0.25) is 6.04 Å². The minimum Gasteiger partial charge on any atom is -0.379 e. The molecule has 4 aliphatic rings. The lowest BCUT2D eigenvalue weighted by Gasteiger charge is -2.45. The molecule has 0 aromatic heterocycles. The van der Waals surface area contributed by atoms with Crippen molar-refractivity contribution in [3.05, 3.63) is 0 Å². The number of epoxide rings is 1. The lowest BCUT2D eigenvalue weighted by molar-refractivity contribution is -0.0796. The molecule has 4 rings (SSSR count). The van der Waals surface area contributed by atoms with Gasteiger partial charge in [-0.15, -0.1) is 0 Å². The molecule has 4 aliphatic heterocycles. The summed E-state index contributed by atoms with van der Waals surface area (Å²) in [6.07, 6.45) is 1.72. The summed E-state index contributed by atoms with van der Waals surface area (Å²) in [5.74, 6) is 0. The Hall–Kier alpha value is -0.0231. The second-order valence-corrected chi connectivity index (χ2v) is 9.39. The van der Waals surface area contributed by atoms with E-state index in [1.807, 2.05) is 0 Å². The van der Waals surface area contributed by atoms with Crippen LogP contribution in [0.25, 0.3) is 0 Å². The Morgan fingerprint density at radius 2 is 1.55 bits per heavy atom. The monoisotopic (exact) mass is 331 g/mol. The summed E-state index contributed by atoms with van der Waals surface area (Å²) in [6, 6.07) is 0.831. The fourth-order valence-corrected chi connectivity index (χ4v) is 6.54. The van der Waals surface area contributed by atoms with Crippen LogP contribution >= 0.6 is 0 Å². The molecule has 0 radical (unpaired) electrons. The second-order valence-electron chi connectivity index (χ2n) is 6.82. The van der Waals surface area contributed by atoms with Gasteiger partial charge in [-0.25, -0.2) is 0 Å². The Morgan fingerprint density at radius 1 is 1.00 bits per heavy atom. The van der Waals surface area contributed by atoms with Crippen LogP contribution in [0.15, 0.2) is 0 Å². The van der Waals surface area contributed by atoms with E-state index in [-0.39, 0.29) is 18.3 Å². The third-order valence-electron chi connectivity index (χ3n) is 4.17. The van der Waals surface area contributed by atoms with E-state index in [0.29, 0.717) is 19.3 Å². The van der Waals surface area contributed by atoms with Crippen LogP contribution < -0.4 is 0 Å². The number of nitrogens with zero attached hydrogens (tertiary/aromatic N) is 1. The van der Waals surface area contributed by atoms with Crippen LogP contribution in [0.3, 0.4) is 0 Å². The Bertz CT molecular complexity index is 332. The Balaban J connectivity index is 1.57. The molecule has 0 amide bonds. The van der Waals surface area contributed by atoms with Crippen molar-refractivity contribution >= 4 is 8.80 Å². The van der Waals surface area contributed by atoms with Crippen molar-refractivity contribution in [3.63, 3.8) is 0 Å². The molecule has 2 bridgehead atoms. The molecule has 0 spiro atoms. The highest BCUT2D eigenvalue weighted by Gasteiger charge is 2.48. The number of hydrogen-bond donors (Lipinski definition) is 0. The molecular weight excluding hydrogens is 302 g/mol. The van der Waals surface area contributed by atoms with Crippen LogP contribution in [0.1, 0.15) is 27.2 Å². The van der Waals surface area contributed by atoms with Gasteiger partial charge >= 0.3 is 8.80 Å². The summed E-state index contributed by atoms with van der Waals surface area (Å²) in [7, 11) is -2.62. The zero-order valence-electron chi connectivity index (χ0n) is 14.0. The van der Waals surface area contributed by atoms with Crippen LogP contribution in [0, 0.1) is 0 Å². The van der Waals surface area contributed by atoms with Crippen LogP contribution in [-0.4, -0.2) is 77.6 Å². The molecule has 0 aromatic carbocycles. The van der Waals surface area contributed by atoms with Crippen molar-refractivity contribution in [2.45, 2.75) is 57.7 Å². The van der Waals surface area contributed by atoms with Gasteiger partial charge in [0.1, 0.15) is 6.10 Å². The summed E-state index contributed by atoms with van der Waals surface area (Å²) in [4.78, 5) is 2.39. The highest BCUT2D eigenvalue weighted by molar-refractivity contribution is 6.60. The molecule has 0 aromatic rings. The van der Waals surface area contributed by atoms with Crippen molar-refractivity contribution in [3.8, 4) is 0 Å². The van der Waals surface area contributed by atoms with Gasteiger partial charge in [-0.1, -0.05) is 0 Å². The predicted octanol–water partition coefficient (Wildman–Crippen LogP) is 1.28. The lowest BCUT2D eigenvalue weighted by atomic mass is 10.2. The van der Waals surface area contributed by atoms with Gasteiger partial charge in [-0.3, -0.25) is 4.90 Å². The first-order valence-corrected chi connectivity index (χ1v) is 10.4. The molecular formula is C15H29NO5Si. The van der Waals surface area contributed by atoms with Crippen LogP contribution in [-0.2, 0) is 22.8 Å². The molecule has 22 heavy (non-hydrogen) atoms. The summed E-state index contributed by atoms with van der Waals surface area (Å²) in [5.41, 5.74) is 0. The number of fused-ring (bicyclic) bond motifs is 6. The molecule has 128 valence electrons. The molecule has 6 nitrogen and oxygen atoms in total. The van der Waals surface area contributed by atoms with Gasteiger partial charge in [-0.05, 0) is 27.2 Å². The lowest BCUT2D eigenvalue weighted by Crippen LogP contribution is -2.61. The van der Waals surface area contributed by atoms with E-state index in [4.69, 9.17) is 22.8 Å². The molecule has 0 aliphatic carbocycles. The third-order valence-corrected chi connectivity index (χ3v) is 7.42. The van der Waals surface area contributed by atoms with Crippen LogP contribution in [0.5, 0.6) is 0 Å². The first-order valence-electron chi connectivity index (χ1n) is 8.50. The molecule has 3 unspecified atom stereocenters. The minimum absolute atomic E-state index is 0.160. The van der Waals surface area contributed by atoms with Gasteiger partial charge in [-0.2, -0.15) is 0 Å². The predicted molar refractivity (Wildman–Crippen MR) is 83.8 cm³/mol. The van der Waals surface area contributed by atoms with Gasteiger partial charge in [0.2, 0.25) is 0 Å². The highest BCUT2D eigenvalue weighted by Crippen LogP contribution is 2.28. The Labute approximate surface area is 134 Å². The summed E-state index contributed by atoms with van der Waals surface area (Å²) >= 11 is 0. The van der Waals surface area contributed by atoms with Gasteiger partial charge in [0.25, 0.3) is 0 Å². The zero-order chi connectivity index (χ0) is 15.6. The average Bonchev–Trinajstić information content (AvgIpc) is 3.18. The topological polar surface area (TPSA) is 52.7 Å². The summed E-state index contributed by atoms with van der Waals surface area (Å²) in [5, 5.41) is 0. The van der Waals surface area contributed by atoms with E-state index < -0.39 is 8.80 Å². The first-order chi connectivity index (χ1) is 10.5. The second kappa shape index (κ2) is 7.25. The van der Waals surface area contributed by atoms with E-state index in [1.54, 1.807) is 0 Å². The third kappa shape index (κ3) is 4.74. The number of rotatable bonds is 6. The standard InChI is InChI=1S/C15H29NO5Si/c1-12-7-16-8-13(2)20-22(19-12,21-14(3)9-16)6-4-5-17-10-15-11-18-15/h12-15H,4-11H2,1-3H3/t12?,13?,14?,15-,22?/m0/s1. The van der Waals surface area contributed by atoms with Crippen molar-refractivity contribution < 1.29 is 22.8 Å². The number of hydrogen-bond acceptors (Lipinski definition) is 6. The van der Waals surface area contributed by atoms with E-state index in [0.717, 1.165) is 38.7 Å². The molecule has 4 heterocycles. The van der Waals surface area contributed by atoms with Crippen LogP contribution in [0.4, 0.5) is 0 Å². The normalized spacial score (nSPS) is 45.1. The summed E-state index contributed by atoms with van der Waals surface area (Å²) < 4.78 is 29.7. The molecule has 4 fully saturated rings.